The van der Waals surface area contributed by atoms with Crippen LogP contribution >= 0.6 is 15.9 Å². The van der Waals surface area contributed by atoms with Gasteiger partial charge < -0.3 is 14.6 Å². The third-order valence-electron chi connectivity index (χ3n) is 2.75. The minimum absolute atomic E-state index is 0.167. The van der Waals surface area contributed by atoms with E-state index in [1.165, 1.54) is 0 Å². The Bertz CT molecular complexity index is 530. The van der Waals surface area contributed by atoms with Crippen molar-refractivity contribution in [3.63, 3.8) is 0 Å². The van der Waals surface area contributed by atoms with E-state index in [1.54, 1.807) is 7.11 Å². The highest BCUT2D eigenvalue weighted by molar-refractivity contribution is 9.10. The van der Waals surface area contributed by atoms with E-state index in [9.17, 15) is 0 Å². The van der Waals surface area contributed by atoms with Crippen molar-refractivity contribution < 1.29 is 9.26 Å². The Morgan fingerprint density at radius 2 is 2.32 bits per heavy atom. The van der Waals surface area contributed by atoms with E-state index in [-0.39, 0.29) is 6.04 Å². The third-order valence-corrected chi connectivity index (χ3v) is 3.24. The highest BCUT2D eigenvalue weighted by Gasteiger charge is 2.14. The molecule has 0 bridgehead atoms. The van der Waals surface area contributed by atoms with Gasteiger partial charge >= 0.3 is 0 Å². The lowest BCUT2D eigenvalue weighted by Crippen LogP contribution is -2.32. The monoisotopic (exact) mass is 325 g/mol. The molecule has 1 aromatic heterocycles. The average Bonchev–Trinajstić information content (AvgIpc) is 2.87. The summed E-state index contributed by atoms with van der Waals surface area (Å²) in [5.41, 5.74) is 0.928. The number of hydrogen-bond donors (Lipinski definition) is 1. The van der Waals surface area contributed by atoms with Crippen LogP contribution in [-0.2, 0) is 11.2 Å². The molecule has 1 N–H and O–H groups in total. The zero-order valence-corrected chi connectivity index (χ0v) is 12.5. The molecule has 1 atom stereocenters. The fraction of sp³-hybridized carbons (Fsp3) is 0.385. The number of benzene rings is 1. The molecule has 1 aromatic carbocycles. The van der Waals surface area contributed by atoms with Crippen LogP contribution in [0.25, 0.3) is 11.4 Å². The van der Waals surface area contributed by atoms with Gasteiger partial charge in [-0.15, -0.1) is 0 Å². The second-order valence-corrected chi connectivity index (χ2v) is 5.08. The molecular weight excluding hydrogens is 310 g/mol. The number of hydrogen-bond acceptors (Lipinski definition) is 5. The van der Waals surface area contributed by atoms with Crippen LogP contribution in [0.15, 0.2) is 33.3 Å². The van der Waals surface area contributed by atoms with Crippen molar-refractivity contribution in [1.82, 2.24) is 15.5 Å². The summed E-state index contributed by atoms with van der Waals surface area (Å²) in [6.45, 7) is 0.602. The molecule has 0 amide bonds. The molecule has 1 heterocycles. The zero-order valence-electron chi connectivity index (χ0n) is 10.9. The fourth-order valence-electron chi connectivity index (χ4n) is 1.74. The van der Waals surface area contributed by atoms with Gasteiger partial charge in [-0.05, 0) is 19.2 Å². The van der Waals surface area contributed by atoms with E-state index in [0.29, 0.717) is 24.7 Å². The molecule has 0 aliphatic rings. The minimum atomic E-state index is 0.167. The Morgan fingerprint density at radius 3 is 3.00 bits per heavy atom. The van der Waals surface area contributed by atoms with E-state index in [1.807, 2.05) is 31.3 Å². The van der Waals surface area contributed by atoms with Crippen molar-refractivity contribution in [3.8, 4) is 11.4 Å². The van der Waals surface area contributed by atoms with Crippen molar-refractivity contribution >= 4 is 15.9 Å². The number of likely N-dealkylation sites (N-methyl/N-ethyl adjacent to an activating group) is 1. The van der Waals surface area contributed by atoms with Gasteiger partial charge in [-0.25, -0.2) is 0 Å². The van der Waals surface area contributed by atoms with Crippen LogP contribution in [0.4, 0.5) is 0 Å². The van der Waals surface area contributed by atoms with Gasteiger partial charge in [0.1, 0.15) is 0 Å². The summed E-state index contributed by atoms with van der Waals surface area (Å²) in [6, 6.07) is 7.97. The molecule has 0 radical (unpaired) electrons. The van der Waals surface area contributed by atoms with Crippen molar-refractivity contribution in [3.05, 3.63) is 34.6 Å². The smallest absolute Gasteiger partial charge is 0.228 e. The normalized spacial score (nSPS) is 12.6. The van der Waals surface area contributed by atoms with Gasteiger partial charge in [-0.1, -0.05) is 33.2 Å². The number of nitrogens with zero attached hydrogens (tertiary/aromatic N) is 2. The lowest BCUT2D eigenvalue weighted by molar-refractivity contribution is 0.165. The maximum atomic E-state index is 5.27. The van der Waals surface area contributed by atoms with E-state index in [0.717, 1.165) is 10.0 Å². The number of nitrogens with one attached hydrogen (secondary N) is 1. The molecule has 0 saturated carbocycles. The second-order valence-electron chi connectivity index (χ2n) is 4.17. The molecule has 0 spiro atoms. The standard InChI is InChI=1S/C13H16BrN3O2/c1-15-11(8-18-2)7-12-16-13(17-19-12)9-4-3-5-10(14)6-9/h3-6,11,15H,7-8H2,1-2H3. The van der Waals surface area contributed by atoms with Crippen LogP contribution in [0.3, 0.4) is 0 Å². The second kappa shape index (κ2) is 6.79. The molecule has 2 aromatic rings. The summed E-state index contributed by atoms with van der Waals surface area (Å²) < 4.78 is 11.4. The molecular formula is C13H16BrN3O2. The third kappa shape index (κ3) is 3.86. The number of methoxy groups -OCH3 is 1. The molecule has 102 valence electrons. The molecule has 19 heavy (non-hydrogen) atoms. The fourth-order valence-corrected chi connectivity index (χ4v) is 2.14. The summed E-state index contributed by atoms with van der Waals surface area (Å²) in [6.07, 6.45) is 0.644. The van der Waals surface area contributed by atoms with Crippen LogP contribution in [-0.4, -0.2) is 36.9 Å². The predicted octanol–water partition coefficient (Wildman–Crippen LogP) is 2.28. The van der Waals surface area contributed by atoms with E-state index in [2.05, 4.69) is 31.4 Å². The summed E-state index contributed by atoms with van der Waals surface area (Å²) in [7, 11) is 3.56. The first-order chi connectivity index (χ1) is 9.22. The average molecular weight is 326 g/mol. The number of rotatable bonds is 6. The predicted molar refractivity (Wildman–Crippen MR) is 75.9 cm³/mol. The lowest BCUT2D eigenvalue weighted by Gasteiger charge is -2.11. The van der Waals surface area contributed by atoms with Crippen LogP contribution in [0, 0.1) is 0 Å². The highest BCUT2D eigenvalue weighted by atomic mass is 79.9. The Hall–Kier alpha value is -1.24. The van der Waals surface area contributed by atoms with Crippen LogP contribution < -0.4 is 5.32 Å². The Balaban J connectivity index is 2.10. The van der Waals surface area contributed by atoms with Crippen molar-refractivity contribution in [2.45, 2.75) is 12.5 Å². The molecule has 2 rings (SSSR count). The van der Waals surface area contributed by atoms with Crippen molar-refractivity contribution in [2.75, 3.05) is 20.8 Å². The van der Waals surface area contributed by atoms with Crippen LogP contribution in [0.5, 0.6) is 0 Å². The quantitative estimate of drug-likeness (QED) is 0.882. The topological polar surface area (TPSA) is 60.2 Å². The largest absolute Gasteiger partial charge is 0.383 e. The molecule has 1 unspecified atom stereocenters. The Morgan fingerprint density at radius 1 is 1.47 bits per heavy atom. The highest BCUT2D eigenvalue weighted by Crippen LogP contribution is 2.20. The van der Waals surface area contributed by atoms with E-state index >= 15 is 0 Å². The first kappa shape index (κ1) is 14.2. The van der Waals surface area contributed by atoms with Gasteiger partial charge in [-0.2, -0.15) is 4.98 Å². The minimum Gasteiger partial charge on any atom is -0.383 e. The number of aromatic nitrogens is 2. The van der Waals surface area contributed by atoms with Crippen LogP contribution in [0.2, 0.25) is 0 Å². The van der Waals surface area contributed by atoms with E-state index in [4.69, 9.17) is 9.26 Å². The molecule has 6 heteroatoms. The number of halogens is 1. The van der Waals surface area contributed by atoms with Gasteiger partial charge in [-0.3, -0.25) is 0 Å². The summed E-state index contributed by atoms with van der Waals surface area (Å²) >= 11 is 3.43. The first-order valence-corrected chi connectivity index (χ1v) is 6.77. The van der Waals surface area contributed by atoms with Crippen LogP contribution in [0.1, 0.15) is 5.89 Å². The zero-order chi connectivity index (χ0) is 13.7. The summed E-state index contributed by atoms with van der Waals surface area (Å²) in [4.78, 5) is 4.40. The SMILES string of the molecule is CNC(COC)Cc1nc(-c2cccc(Br)c2)no1. The van der Waals surface area contributed by atoms with Crippen molar-refractivity contribution in [1.29, 1.82) is 0 Å². The van der Waals surface area contributed by atoms with Gasteiger partial charge in [0.2, 0.25) is 11.7 Å². The van der Waals surface area contributed by atoms with Gasteiger partial charge in [0.25, 0.3) is 0 Å². The Kier molecular flexibility index (Phi) is 5.07. The van der Waals surface area contributed by atoms with Gasteiger partial charge in [0.15, 0.2) is 0 Å². The van der Waals surface area contributed by atoms with E-state index < -0.39 is 0 Å². The van der Waals surface area contributed by atoms with Gasteiger partial charge in [0.05, 0.1) is 6.61 Å². The van der Waals surface area contributed by atoms with Crippen molar-refractivity contribution in [2.24, 2.45) is 0 Å². The van der Waals surface area contributed by atoms with Gasteiger partial charge in [0, 0.05) is 29.6 Å². The molecule has 0 aliphatic carbocycles. The Labute approximate surface area is 120 Å². The molecule has 0 aliphatic heterocycles. The maximum Gasteiger partial charge on any atom is 0.228 e. The summed E-state index contributed by atoms with van der Waals surface area (Å²) in [5, 5.41) is 7.15. The molecule has 5 nitrogen and oxygen atoms in total. The summed E-state index contributed by atoms with van der Waals surface area (Å²) in [5.74, 6) is 1.20. The first-order valence-electron chi connectivity index (χ1n) is 5.97. The molecule has 0 saturated heterocycles. The lowest BCUT2D eigenvalue weighted by atomic mass is 10.2. The number of ether oxygens (including phenoxy) is 1. The maximum absolute atomic E-state index is 5.27. The molecule has 0 fully saturated rings.